The van der Waals surface area contributed by atoms with Crippen LogP contribution < -0.4 is 5.32 Å². The molecule has 0 spiro atoms. The van der Waals surface area contributed by atoms with Crippen LogP contribution in [0.2, 0.25) is 0 Å². The highest BCUT2D eigenvalue weighted by Gasteiger charge is 2.28. The highest BCUT2D eigenvalue weighted by molar-refractivity contribution is 5.82. The van der Waals surface area contributed by atoms with Gasteiger partial charge in [-0.05, 0) is 24.5 Å². The van der Waals surface area contributed by atoms with Crippen LogP contribution >= 0.6 is 0 Å². The molecule has 0 bridgehead atoms. The number of amides is 1. The van der Waals surface area contributed by atoms with Crippen molar-refractivity contribution in [1.29, 1.82) is 0 Å². The van der Waals surface area contributed by atoms with Crippen molar-refractivity contribution < 1.29 is 4.79 Å². The first kappa shape index (κ1) is 19.0. The Morgan fingerprint density at radius 3 is 2.83 bits per heavy atom. The van der Waals surface area contributed by atoms with Crippen LogP contribution in [-0.2, 0) is 17.9 Å². The topological polar surface area (TPSA) is 71.0 Å². The number of benzene rings is 1. The molecule has 2 aromatic heterocycles. The standard InChI is InChI=1S/C24H27N5O/c30-23(11-10-17-6-2-1-3-7-17)29-14-20-22(15-29)26-16-27-24(20)28-19-12-18-8-4-5-9-21(18)25-13-19/h4-5,8-9,12-13,16-17H,1-3,6-7,10-11,14-15H2,(H,26,27,28). The molecule has 1 aliphatic carbocycles. The number of rotatable bonds is 5. The van der Waals surface area contributed by atoms with Crippen molar-refractivity contribution >= 4 is 28.3 Å². The Bertz CT molecular complexity index is 1060. The van der Waals surface area contributed by atoms with E-state index in [1.54, 1.807) is 6.33 Å². The normalized spacial score (nSPS) is 16.6. The first-order chi connectivity index (χ1) is 14.8. The molecule has 6 nitrogen and oxygen atoms in total. The molecule has 1 N–H and O–H groups in total. The number of anilines is 2. The Labute approximate surface area is 176 Å². The number of pyridine rings is 1. The predicted octanol–water partition coefficient (Wildman–Crippen LogP) is 4.97. The molecule has 1 aliphatic heterocycles. The summed E-state index contributed by atoms with van der Waals surface area (Å²) >= 11 is 0. The molecule has 1 aromatic carbocycles. The lowest BCUT2D eigenvalue weighted by Gasteiger charge is -2.22. The van der Waals surface area contributed by atoms with E-state index in [0.29, 0.717) is 19.5 Å². The molecule has 2 aliphatic rings. The number of nitrogens with one attached hydrogen (secondary N) is 1. The van der Waals surface area contributed by atoms with E-state index in [-0.39, 0.29) is 5.91 Å². The van der Waals surface area contributed by atoms with Crippen molar-refractivity contribution in [2.45, 2.75) is 58.0 Å². The highest BCUT2D eigenvalue weighted by Crippen LogP contribution is 2.31. The molecule has 1 amide bonds. The van der Waals surface area contributed by atoms with E-state index in [2.05, 4.69) is 26.3 Å². The number of hydrogen-bond donors (Lipinski definition) is 1. The van der Waals surface area contributed by atoms with E-state index < -0.39 is 0 Å². The highest BCUT2D eigenvalue weighted by atomic mass is 16.2. The monoisotopic (exact) mass is 401 g/mol. The van der Waals surface area contributed by atoms with Gasteiger partial charge in [0.15, 0.2) is 0 Å². The number of carbonyl (C=O) groups is 1. The second-order valence-electron chi connectivity index (χ2n) is 8.48. The Morgan fingerprint density at radius 1 is 1.07 bits per heavy atom. The first-order valence-electron chi connectivity index (χ1n) is 11.0. The quantitative estimate of drug-likeness (QED) is 0.653. The van der Waals surface area contributed by atoms with Crippen molar-refractivity contribution in [2.75, 3.05) is 5.32 Å². The van der Waals surface area contributed by atoms with Gasteiger partial charge in [-0.1, -0.05) is 50.3 Å². The zero-order valence-corrected chi connectivity index (χ0v) is 17.2. The summed E-state index contributed by atoms with van der Waals surface area (Å²) < 4.78 is 0. The number of fused-ring (bicyclic) bond motifs is 2. The lowest BCUT2D eigenvalue weighted by molar-refractivity contribution is -0.132. The van der Waals surface area contributed by atoms with Crippen LogP contribution in [0.25, 0.3) is 10.9 Å². The van der Waals surface area contributed by atoms with Gasteiger partial charge in [-0.25, -0.2) is 9.97 Å². The molecule has 1 saturated carbocycles. The van der Waals surface area contributed by atoms with Crippen molar-refractivity contribution in [3.63, 3.8) is 0 Å². The van der Waals surface area contributed by atoms with Gasteiger partial charge in [-0.15, -0.1) is 0 Å². The smallest absolute Gasteiger partial charge is 0.223 e. The van der Waals surface area contributed by atoms with Crippen LogP contribution in [-0.4, -0.2) is 25.8 Å². The summed E-state index contributed by atoms with van der Waals surface area (Å²) in [5.74, 6) is 1.72. The maximum absolute atomic E-state index is 12.8. The van der Waals surface area contributed by atoms with Gasteiger partial charge in [-0.2, -0.15) is 0 Å². The molecule has 154 valence electrons. The van der Waals surface area contributed by atoms with Gasteiger partial charge in [-0.3, -0.25) is 9.78 Å². The first-order valence-corrected chi connectivity index (χ1v) is 11.0. The maximum Gasteiger partial charge on any atom is 0.223 e. The molecular weight excluding hydrogens is 374 g/mol. The molecule has 3 heterocycles. The third-order valence-corrected chi connectivity index (χ3v) is 6.42. The van der Waals surface area contributed by atoms with Crippen LogP contribution in [0, 0.1) is 5.92 Å². The third-order valence-electron chi connectivity index (χ3n) is 6.42. The number of nitrogens with zero attached hydrogens (tertiary/aromatic N) is 4. The summed E-state index contributed by atoms with van der Waals surface area (Å²) in [7, 11) is 0. The largest absolute Gasteiger partial charge is 0.339 e. The Hall–Kier alpha value is -3.02. The lowest BCUT2D eigenvalue weighted by atomic mass is 9.86. The van der Waals surface area contributed by atoms with Crippen molar-refractivity contribution in [2.24, 2.45) is 5.92 Å². The number of aromatic nitrogens is 3. The van der Waals surface area contributed by atoms with Gasteiger partial charge in [0.2, 0.25) is 5.91 Å². The second kappa shape index (κ2) is 8.38. The van der Waals surface area contributed by atoms with Crippen LogP contribution in [0.3, 0.4) is 0 Å². The summed E-state index contributed by atoms with van der Waals surface area (Å²) in [5, 5.41) is 4.46. The summed E-state index contributed by atoms with van der Waals surface area (Å²) in [4.78, 5) is 28.1. The van der Waals surface area contributed by atoms with Crippen molar-refractivity contribution in [3.8, 4) is 0 Å². The molecule has 6 heteroatoms. The fourth-order valence-electron chi connectivity index (χ4n) is 4.70. The third kappa shape index (κ3) is 3.99. The van der Waals surface area contributed by atoms with E-state index >= 15 is 0 Å². The Balaban J connectivity index is 1.27. The van der Waals surface area contributed by atoms with Gasteiger partial charge in [0.05, 0.1) is 36.2 Å². The fraction of sp³-hybridized carbons (Fsp3) is 0.417. The van der Waals surface area contributed by atoms with E-state index in [0.717, 1.165) is 46.0 Å². The zero-order valence-electron chi connectivity index (χ0n) is 17.2. The van der Waals surface area contributed by atoms with Crippen molar-refractivity contribution in [1.82, 2.24) is 19.9 Å². The molecule has 0 atom stereocenters. The van der Waals surface area contributed by atoms with Crippen LogP contribution in [0.4, 0.5) is 11.5 Å². The van der Waals surface area contributed by atoms with E-state index in [1.807, 2.05) is 35.4 Å². The van der Waals surface area contributed by atoms with Crippen LogP contribution in [0.15, 0.2) is 42.9 Å². The predicted molar refractivity (Wildman–Crippen MR) is 117 cm³/mol. The Morgan fingerprint density at radius 2 is 1.93 bits per heavy atom. The van der Waals surface area contributed by atoms with Crippen LogP contribution in [0.1, 0.15) is 56.2 Å². The van der Waals surface area contributed by atoms with E-state index in [9.17, 15) is 4.79 Å². The number of para-hydroxylation sites is 1. The molecule has 1 fully saturated rings. The average molecular weight is 402 g/mol. The van der Waals surface area contributed by atoms with Gasteiger partial charge < -0.3 is 10.2 Å². The van der Waals surface area contributed by atoms with E-state index in [1.165, 1.54) is 32.1 Å². The summed E-state index contributed by atoms with van der Waals surface area (Å²) in [6, 6.07) is 10.1. The SMILES string of the molecule is O=C(CCC1CCCCC1)N1Cc2ncnc(Nc3cnc4ccccc4c3)c2C1. The molecular formula is C24H27N5O. The van der Waals surface area contributed by atoms with E-state index in [4.69, 9.17) is 0 Å². The molecule has 0 saturated heterocycles. The van der Waals surface area contributed by atoms with Gasteiger partial charge in [0.1, 0.15) is 12.1 Å². The summed E-state index contributed by atoms with van der Waals surface area (Å²) in [5.41, 5.74) is 3.80. The fourth-order valence-corrected chi connectivity index (χ4v) is 4.70. The Kier molecular flexibility index (Phi) is 5.30. The minimum absolute atomic E-state index is 0.233. The van der Waals surface area contributed by atoms with Gasteiger partial charge in [0, 0.05) is 17.4 Å². The summed E-state index contributed by atoms with van der Waals surface area (Å²) in [6.45, 7) is 1.15. The second-order valence-corrected chi connectivity index (χ2v) is 8.48. The zero-order chi connectivity index (χ0) is 20.3. The van der Waals surface area contributed by atoms with Gasteiger partial charge in [0.25, 0.3) is 0 Å². The lowest BCUT2D eigenvalue weighted by Crippen LogP contribution is -2.26. The number of carbonyl (C=O) groups excluding carboxylic acids is 1. The molecule has 0 radical (unpaired) electrons. The molecule has 3 aromatic rings. The van der Waals surface area contributed by atoms with Crippen LogP contribution in [0.5, 0.6) is 0 Å². The summed E-state index contributed by atoms with van der Waals surface area (Å²) in [6.07, 6.45) is 11.6. The molecule has 30 heavy (non-hydrogen) atoms. The maximum atomic E-state index is 12.8. The molecule has 5 rings (SSSR count). The minimum Gasteiger partial charge on any atom is -0.339 e. The van der Waals surface area contributed by atoms with Crippen molar-refractivity contribution in [3.05, 3.63) is 54.1 Å². The molecule has 0 unspecified atom stereocenters. The minimum atomic E-state index is 0.233. The average Bonchev–Trinajstić information content (AvgIpc) is 3.24. The number of hydrogen-bond acceptors (Lipinski definition) is 5. The van der Waals surface area contributed by atoms with Gasteiger partial charge >= 0.3 is 0 Å².